The zero-order chi connectivity index (χ0) is 27.1. The van der Waals surface area contributed by atoms with E-state index in [4.69, 9.17) is 14.2 Å². The summed E-state index contributed by atoms with van der Waals surface area (Å²) in [4.78, 5) is 14.8. The quantitative estimate of drug-likeness (QED) is 0.366. The van der Waals surface area contributed by atoms with Crippen molar-refractivity contribution in [1.82, 2.24) is 10.2 Å². The zero-order valence-corrected chi connectivity index (χ0v) is 21.3. The Morgan fingerprint density at radius 1 is 0.947 bits per heavy atom. The summed E-state index contributed by atoms with van der Waals surface area (Å²) < 4.78 is 55.5. The van der Waals surface area contributed by atoms with E-state index < -0.39 is 23.9 Å². The van der Waals surface area contributed by atoms with E-state index in [1.807, 2.05) is 61.5 Å². The zero-order valence-electron chi connectivity index (χ0n) is 21.3. The third kappa shape index (κ3) is 6.98. The molecule has 0 aromatic heterocycles. The third-order valence-electron chi connectivity index (χ3n) is 6.64. The second-order valence-electron chi connectivity index (χ2n) is 9.27. The van der Waals surface area contributed by atoms with Crippen LogP contribution in [0.5, 0.6) is 11.5 Å². The van der Waals surface area contributed by atoms with E-state index in [2.05, 4.69) is 5.32 Å². The highest BCUT2D eigenvalue weighted by molar-refractivity contribution is 5.69. The molecule has 3 atom stereocenters. The summed E-state index contributed by atoms with van der Waals surface area (Å²) in [6, 6.07) is 21.0. The van der Waals surface area contributed by atoms with Crippen LogP contribution in [-0.2, 0) is 24.1 Å². The molecule has 1 amide bonds. The molecule has 1 fully saturated rings. The van der Waals surface area contributed by atoms with Crippen molar-refractivity contribution in [3.8, 4) is 11.5 Å². The number of amides is 1. The van der Waals surface area contributed by atoms with Gasteiger partial charge in [0.1, 0.15) is 24.7 Å². The van der Waals surface area contributed by atoms with Crippen molar-refractivity contribution < 1.29 is 32.2 Å². The number of halogens is 3. The first-order valence-corrected chi connectivity index (χ1v) is 12.4. The highest BCUT2D eigenvalue weighted by Gasteiger charge is 2.43. The molecule has 4 rings (SSSR count). The summed E-state index contributed by atoms with van der Waals surface area (Å²) in [5.74, 6) is 1.06. The molecule has 0 bridgehead atoms. The van der Waals surface area contributed by atoms with Gasteiger partial charge in [-0.25, -0.2) is 4.79 Å². The SMILES string of the molecule is COc1ccc(CN[C@H]2C[C@H](C)N(C(=O)OCc3ccccc3)[C@H]2COc2ccc(C(F)(F)F)cc2)cc1. The van der Waals surface area contributed by atoms with Crippen LogP contribution in [0.3, 0.4) is 0 Å². The van der Waals surface area contributed by atoms with Crippen molar-refractivity contribution in [2.75, 3.05) is 13.7 Å². The van der Waals surface area contributed by atoms with Gasteiger partial charge in [0, 0.05) is 18.6 Å². The molecule has 6 nitrogen and oxygen atoms in total. The van der Waals surface area contributed by atoms with E-state index in [0.717, 1.165) is 29.0 Å². The van der Waals surface area contributed by atoms with E-state index in [1.54, 1.807) is 12.0 Å². The molecule has 3 aromatic carbocycles. The minimum Gasteiger partial charge on any atom is -0.497 e. The number of rotatable bonds is 9. The first kappa shape index (κ1) is 27.3. The summed E-state index contributed by atoms with van der Waals surface area (Å²) in [5, 5.41) is 3.52. The Balaban J connectivity index is 1.46. The molecule has 1 saturated heterocycles. The van der Waals surface area contributed by atoms with Gasteiger partial charge in [-0.2, -0.15) is 13.2 Å². The van der Waals surface area contributed by atoms with Crippen molar-refractivity contribution in [3.63, 3.8) is 0 Å². The predicted octanol–water partition coefficient (Wildman–Crippen LogP) is 6.05. The number of hydrogen-bond donors (Lipinski definition) is 1. The smallest absolute Gasteiger partial charge is 0.416 e. The maximum Gasteiger partial charge on any atom is 0.416 e. The Bertz CT molecular complexity index is 1170. The van der Waals surface area contributed by atoms with Gasteiger partial charge < -0.3 is 19.5 Å². The molecule has 0 radical (unpaired) electrons. The Kier molecular flexibility index (Phi) is 8.78. The van der Waals surface area contributed by atoms with Crippen molar-refractivity contribution in [2.24, 2.45) is 0 Å². The highest BCUT2D eigenvalue weighted by atomic mass is 19.4. The Hall–Kier alpha value is -3.72. The van der Waals surface area contributed by atoms with Crippen LogP contribution >= 0.6 is 0 Å². The van der Waals surface area contributed by atoms with E-state index in [-0.39, 0.29) is 25.3 Å². The minimum absolute atomic E-state index is 0.0937. The van der Waals surface area contributed by atoms with Crippen LogP contribution in [0.15, 0.2) is 78.9 Å². The fourth-order valence-corrected chi connectivity index (χ4v) is 4.60. The highest BCUT2D eigenvalue weighted by Crippen LogP contribution is 2.31. The van der Waals surface area contributed by atoms with E-state index in [0.29, 0.717) is 18.7 Å². The average molecular weight is 529 g/mol. The van der Waals surface area contributed by atoms with Crippen LogP contribution in [0.4, 0.5) is 18.0 Å². The monoisotopic (exact) mass is 528 g/mol. The molecule has 38 heavy (non-hydrogen) atoms. The van der Waals surface area contributed by atoms with Crippen LogP contribution in [0, 0.1) is 0 Å². The van der Waals surface area contributed by atoms with E-state index in [9.17, 15) is 18.0 Å². The Morgan fingerprint density at radius 2 is 1.61 bits per heavy atom. The van der Waals surface area contributed by atoms with Gasteiger partial charge in [0.15, 0.2) is 0 Å². The van der Waals surface area contributed by atoms with E-state index >= 15 is 0 Å². The number of hydrogen-bond acceptors (Lipinski definition) is 5. The predicted molar refractivity (Wildman–Crippen MR) is 137 cm³/mol. The van der Waals surface area contributed by atoms with Gasteiger partial charge >= 0.3 is 12.3 Å². The molecule has 9 heteroatoms. The molecule has 3 aromatic rings. The number of methoxy groups -OCH3 is 1. The molecular formula is C29H31F3N2O4. The van der Waals surface area contributed by atoms with Gasteiger partial charge in [-0.1, -0.05) is 42.5 Å². The fourth-order valence-electron chi connectivity index (χ4n) is 4.60. The number of carbonyl (C=O) groups is 1. The van der Waals surface area contributed by atoms with Crippen molar-refractivity contribution >= 4 is 6.09 Å². The van der Waals surface area contributed by atoms with Gasteiger partial charge in [-0.05, 0) is 60.9 Å². The largest absolute Gasteiger partial charge is 0.497 e. The third-order valence-corrected chi connectivity index (χ3v) is 6.64. The van der Waals surface area contributed by atoms with Gasteiger partial charge in [0.25, 0.3) is 0 Å². The molecule has 1 aliphatic heterocycles. The fraction of sp³-hybridized carbons (Fsp3) is 0.345. The first-order valence-electron chi connectivity index (χ1n) is 12.4. The average Bonchev–Trinajstić information content (AvgIpc) is 3.24. The second kappa shape index (κ2) is 12.2. The van der Waals surface area contributed by atoms with Crippen molar-refractivity contribution in [1.29, 1.82) is 0 Å². The van der Waals surface area contributed by atoms with Crippen molar-refractivity contribution in [2.45, 2.75) is 50.8 Å². The number of carbonyl (C=O) groups excluding carboxylic acids is 1. The minimum atomic E-state index is -4.42. The van der Waals surface area contributed by atoms with Crippen LogP contribution in [0.1, 0.15) is 30.0 Å². The lowest BCUT2D eigenvalue weighted by Crippen LogP contribution is -2.49. The summed E-state index contributed by atoms with van der Waals surface area (Å²) in [7, 11) is 1.61. The van der Waals surface area contributed by atoms with Crippen LogP contribution < -0.4 is 14.8 Å². The standard InChI is InChI=1S/C29H31F3N2O4/c1-20-16-26(33-17-21-8-12-24(36-2)13-9-21)27(19-37-25-14-10-23(11-15-25)29(30,31)32)34(20)28(35)38-18-22-6-4-3-5-7-22/h3-15,20,26-27,33H,16-19H2,1-2H3/t20-,26-,27-/m0/s1. The van der Waals surface area contributed by atoms with Crippen LogP contribution in [0.25, 0.3) is 0 Å². The molecule has 1 heterocycles. The Labute approximate surface area is 220 Å². The van der Waals surface area contributed by atoms with Crippen LogP contribution in [-0.4, -0.2) is 42.8 Å². The molecule has 1 aliphatic rings. The summed E-state index contributed by atoms with van der Waals surface area (Å²) >= 11 is 0. The maximum absolute atomic E-state index is 13.2. The molecular weight excluding hydrogens is 497 g/mol. The summed E-state index contributed by atoms with van der Waals surface area (Å²) in [6.07, 6.45) is -4.22. The number of likely N-dealkylation sites (tertiary alicyclic amines) is 1. The summed E-state index contributed by atoms with van der Waals surface area (Å²) in [5.41, 5.74) is 1.18. The summed E-state index contributed by atoms with van der Waals surface area (Å²) in [6.45, 7) is 2.74. The van der Waals surface area contributed by atoms with Crippen molar-refractivity contribution in [3.05, 3.63) is 95.6 Å². The number of ether oxygens (including phenoxy) is 3. The lowest BCUT2D eigenvalue weighted by molar-refractivity contribution is -0.137. The van der Waals surface area contributed by atoms with Gasteiger partial charge in [-0.15, -0.1) is 0 Å². The number of alkyl halides is 3. The topological polar surface area (TPSA) is 60.0 Å². The molecule has 0 aliphatic carbocycles. The normalized spacial score (nSPS) is 19.3. The molecule has 202 valence electrons. The number of benzene rings is 3. The van der Waals surface area contributed by atoms with E-state index in [1.165, 1.54) is 12.1 Å². The van der Waals surface area contributed by atoms with Gasteiger partial charge in [-0.3, -0.25) is 4.90 Å². The molecule has 0 spiro atoms. The van der Waals surface area contributed by atoms with Gasteiger partial charge in [0.05, 0.1) is 18.7 Å². The Morgan fingerprint density at radius 3 is 2.24 bits per heavy atom. The van der Waals surface area contributed by atoms with Gasteiger partial charge in [0.2, 0.25) is 0 Å². The lowest BCUT2D eigenvalue weighted by atomic mass is 10.1. The molecule has 0 unspecified atom stereocenters. The number of nitrogens with zero attached hydrogens (tertiary/aromatic N) is 1. The first-order chi connectivity index (χ1) is 18.2. The maximum atomic E-state index is 13.2. The lowest BCUT2D eigenvalue weighted by Gasteiger charge is -2.30. The number of nitrogens with one attached hydrogen (secondary N) is 1. The van der Waals surface area contributed by atoms with Crippen LogP contribution in [0.2, 0.25) is 0 Å². The molecule has 0 saturated carbocycles. The second-order valence-corrected chi connectivity index (χ2v) is 9.27. The molecule has 1 N–H and O–H groups in total.